The topological polar surface area (TPSA) is 114 Å². The predicted octanol–water partition coefficient (Wildman–Crippen LogP) is 4.03. The summed E-state index contributed by atoms with van der Waals surface area (Å²) in [7, 11) is -3.72. The quantitative estimate of drug-likeness (QED) is 0.425. The first-order valence-corrected chi connectivity index (χ1v) is 12.4. The van der Waals surface area contributed by atoms with E-state index in [9.17, 15) is 18.0 Å². The molecule has 1 atom stereocenters. The summed E-state index contributed by atoms with van der Waals surface area (Å²) in [5, 5.41) is 6.33. The van der Waals surface area contributed by atoms with Gasteiger partial charge < -0.3 is 15.4 Å². The lowest BCUT2D eigenvalue weighted by Crippen LogP contribution is -2.41. The average Bonchev–Trinajstić information content (AvgIpc) is 2.82. The Morgan fingerprint density at radius 2 is 1.56 bits per heavy atom. The average molecular weight is 484 g/mol. The lowest BCUT2D eigenvalue weighted by molar-refractivity contribution is -0.117. The Labute approximate surface area is 199 Å². The maximum absolute atomic E-state index is 12.8. The van der Waals surface area contributed by atoms with Crippen LogP contribution in [0.15, 0.2) is 71.6 Å². The normalized spacial score (nSPS) is 12.4. The van der Waals surface area contributed by atoms with Gasteiger partial charge in [0.2, 0.25) is 15.9 Å². The molecule has 0 spiro atoms. The van der Waals surface area contributed by atoms with E-state index in [1.807, 2.05) is 44.2 Å². The molecule has 3 rings (SSSR count). The number of hydrogen-bond acceptors (Lipinski definition) is 5. The fraction of sp³-hybridized carbons (Fsp3) is 0.280. The van der Waals surface area contributed by atoms with E-state index in [2.05, 4.69) is 15.4 Å². The monoisotopic (exact) mass is 483 g/mol. The van der Waals surface area contributed by atoms with E-state index in [-0.39, 0.29) is 17.4 Å². The van der Waals surface area contributed by atoms with E-state index in [0.717, 1.165) is 5.56 Å². The van der Waals surface area contributed by atoms with Crippen LogP contribution < -0.4 is 15.4 Å². The second kappa shape index (κ2) is 11.1. The Bertz CT molecular complexity index is 1260. The molecule has 0 saturated carbocycles. The van der Waals surface area contributed by atoms with Gasteiger partial charge in [-0.2, -0.15) is 0 Å². The molecule has 0 fully saturated rings. The number of rotatable bonds is 9. The molecule has 3 aromatic rings. The summed E-state index contributed by atoms with van der Waals surface area (Å²) in [5.41, 5.74) is 1.27. The SMILES string of the molecule is CC(C)CNS(=O)(=O)c1cccc2c(NC(=O)C(C)NC(=O)OCc3ccccc3)cccc12. The Morgan fingerprint density at radius 1 is 0.882 bits per heavy atom. The zero-order valence-corrected chi connectivity index (χ0v) is 20.2. The van der Waals surface area contributed by atoms with Crippen molar-refractivity contribution in [3.8, 4) is 0 Å². The molecule has 0 aliphatic rings. The highest BCUT2D eigenvalue weighted by atomic mass is 32.2. The van der Waals surface area contributed by atoms with E-state index in [1.165, 1.54) is 13.0 Å². The molecular formula is C25H29N3O5S. The van der Waals surface area contributed by atoms with Crippen molar-refractivity contribution in [2.75, 3.05) is 11.9 Å². The van der Waals surface area contributed by atoms with Gasteiger partial charge in [-0.1, -0.05) is 68.4 Å². The molecule has 0 bridgehead atoms. The van der Waals surface area contributed by atoms with Crippen LogP contribution in [0.25, 0.3) is 10.8 Å². The molecule has 34 heavy (non-hydrogen) atoms. The van der Waals surface area contributed by atoms with Crippen molar-refractivity contribution < 1.29 is 22.7 Å². The molecule has 2 amide bonds. The second-order valence-corrected chi connectivity index (χ2v) is 10.1. The van der Waals surface area contributed by atoms with Gasteiger partial charge in [0.25, 0.3) is 0 Å². The van der Waals surface area contributed by atoms with Crippen molar-refractivity contribution in [3.05, 3.63) is 72.3 Å². The highest BCUT2D eigenvalue weighted by Crippen LogP contribution is 2.29. The van der Waals surface area contributed by atoms with Crippen LogP contribution in [0.4, 0.5) is 10.5 Å². The number of benzene rings is 3. The van der Waals surface area contributed by atoms with E-state index >= 15 is 0 Å². The van der Waals surface area contributed by atoms with Crippen molar-refractivity contribution in [2.45, 2.75) is 38.3 Å². The fourth-order valence-electron chi connectivity index (χ4n) is 3.23. The van der Waals surface area contributed by atoms with Gasteiger partial charge in [0.1, 0.15) is 12.6 Å². The molecule has 0 heterocycles. The number of nitrogens with one attached hydrogen (secondary N) is 3. The van der Waals surface area contributed by atoms with E-state index < -0.39 is 28.1 Å². The molecule has 0 saturated heterocycles. The third-order valence-corrected chi connectivity index (χ3v) is 6.53. The third kappa shape index (κ3) is 6.55. The number of sulfonamides is 1. The zero-order chi connectivity index (χ0) is 24.7. The number of anilines is 1. The molecule has 9 heteroatoms. The molecule has 8 nitrogen and oxygen atoms in total. The maximum atomic E-state index is 12.8. The number of hydrogen-bond donors (Lipinski definition) is 3. The fourth-order valence-corrected chi connectivity index (χ4v) is 4.66. The minimum Gasteiger partial charge on any atom is -0.445 e. The van der Waals surface area contributed by atoms with Crippen LogP contribution in [-0.2, 0) is 26.2 Å². The van der Waals surface area contributed by atoms with E-state index in [0.29, 0.717) is 23.0 Å². The van der Waals surface area contributed by atoms with Gasteiger partial charge >= 0.3 is 6.09 Å². The molecular weight excluding hydrogens is 454 g/mol. The van der Waals surface area contributed by atoms with Gasteiger partial charge in [0.15, 0.2) is 0 Å². The van der Waals surface area contributed by atoms with Crippen LogP contribution in [0.2, 0.25) is 0 Å². The van der Waals surface area contributed by atoms with Gasteiger partial charge in [0, 0.05) is 23.0 Å². The molecule has 0 aliphatic heterocycles. The maximum Gasteiger partial charge on any atom is 0.408 e. The van der Waals surface area contributed by atoms with Crippen molar-refractivity contribution >= 4 is 38.5 Å². The van der Waals surface area contributed by atoms with E-state index in [4.69, 9.17) is 4.74 Å². The first-order chi connectivity index (χ1) is 16.2. The third-order valence-electron chi connectivity index (χ3n) is 5.05. The van der Waals surface area contributed by atoms with Crippen LogP contribution in [-0.4, -0.2) is 33.0 Å². The summed E-state index contributed by atoms with van der Waals surface area (Å²) in [5.74, 6) is -0.302. The van der Waals surface area contributed by atoms with Crippen LogP contribution in [0.1, 0.15) is 26.3 Å². The Morgan fingerprint density at radius 3 is 2.26 bits per heavy atom. The Kier molecular flexibility index (Phi) is 8.25. The van der Waals surface area contributed by atoms with Gasteiger partial charge in [-0.05, 0) is 30.5 Å². The first kappa shape index (κ1) is 25.2. The molecule has 0 aliphatic carbocycles. The number of carbonyl (C=O) groups excluding carboxylic acids is 2. The molecule has 3 N–H and O–H groups in total. The molecule has 0 radical (unpaired) electrons. The van der Waals surface area contributed by atoms with Crippen molar-refractivity contribution in [2.24, 2.45) is 5.92 Å². The largest absolute Gasteiger partial charge is 0.445 e. The van der Waals surface area contributed by atoms with Gasteiger partial charge in [-0.25, -0.2) is 17.9 Å². The minimum absolute atomic E-state index is 0.0897. The lowest BCUT2D eigenvalue weighted by atomic mass is 10.1. The molecule has 3 aromatic carbocycles. The smallest absolute Gasteiger partial charge is 0.408 e. The van der Waals surface area contributed by atoms with Crippen LogP contribution >= 0.6 is 0 Å². The number of fused-ring (bicyclic) bond motifs is 1. The number of amides is 2. The summed E-state index contributed by atoms with van der Waals surface area (Å²) < 4.78 is 33.4. The Balaban J connectivity index is 1.70. The summed E-state index contributed by atoms with van der Waals surface area (Å²) in [4.78, 5) is 24.9. The minimum atomic E-state index is -3.72. The van der Waals surface area contributed by atoms with Crippen molar-refractivity contribution in [3.63, 3.8) is 0 Å². The van der Waals surface area contributed by atoms with Crippen LogP contribution in [0.3, 0.4) is 0 Å². The molecule has 180 valence electrons. The van der Waals surface area contributed by atoms with Gasteiger partial charge in [0.05, 0.1) is 4.90 Å². The zero-order valence-electron chi connectivity index (χ0n) is 19.4. The first-order valence-electron chi connectivity index (χ1n) is 11.0. The summed E-state index contributed by atoms with van der Waals surface area (Å²) >= 11 is 0. The van der Waals surface area contributed by atoms with Gasteiger partial charge in [-0.15, -0.1) is 0 Å². The van der Waals surface area contributed by atoms with Crippen LogP contribution in [0.5, 0.6) is 0 Å². The Hall–Kier alpha value is -3.43. The molecule has 1 unspecified atom stereocenters. The van der Waals surface area contributed by atoms with Gasteiger partial charge in [-0.3, -0.25) is 4.79 Å². The number of ether oxygens (including phenoxy) is 1. The van der Waals surface area contributed by atoms with Crippen LogP contribution in [0, 0.1) is 5.92 Å². The van der Waals surface area contributed by atoms with Crippen molar-refractivity contribution in [1.82, 2.24) is 10.0 Å². The number of alkyl carbamates (subject to hydrolysis) is 1. The summed E-state index contributed by atoms with van der Waals surface area (Å²) in [6.07, 6.45) is -0.714. The summed E-state index contributed by atoms with van der Waals surface area (Å²) in [6.45, 7) is 5.79. The lowest BCUT2D eigenvalue weighted by Gasteiger charge is -2.16. The highest BCUT2D eigenvalue weighted by molar-refractivity contribution is 7.89. The predicted molar refractivity (Wildman–Crippen MR) is 132 cm³/mol. The van der Waals surface area contributed by atoms with E-state index in [1.54, 1.807) is 30.3 Å². The second-order valence-electron chi connectivity index (χ2n) is 8.32. The number of carbonyl (C=O) groups is 2. The van der Waals surface area contributed by atoms with Crippen molar-refractivity contribution in [1.29, 1.82) is 0 Å². The summed E-state index contributed by atoms with van der Waals surface area (Å²) in [6, 6.07) is 18.3. The highest BCUT2D eigenvalue weighted by Gasteiger charge is 2.20. The molecule has 0 aromatic heterocycles. The standard InChI is InChI=1S/C25H29N3O5S/c1-17(2)15-26-34(31,32)23-14-8-11-20-21(23)12-7-13-22(20)28-24(29)18(3)27-25(30)33-16-19-9-5-4-6-10-19/h4-14,17-18,26H,15-16H2,1-3H3,(H,27,30)(H,28,29).